The van der Waals surface area contributed by atoms with Crippen molar-refractivity contribution in [2.75, 3.05) is 0 Å². The SMILES string of the molecule is c1cc(-c2nc(-c3cc4ccccc4c4ccccc34)cc(-c3cc4ccccc4c4ccccc34)n2)cc(-c2nc3c(nc4ccccn43)c3ccccc23)c1. The van der Waals surface area contributed by atoms with Crippen LogP contribution >= 0.6 is 0 Å². The first kappa shape index (κ1) is 31.6. The second kappa shape index (κ2) is 12.4. The highest BCUT2D eigenvalue weighted by molar-refractivity contribution is 6.15. The topological polar surface area (TPSA) is 56.0 Å². The van der Waals surface area contributed by atoms with Crippen LogP contribution in [0, 0.1) is 0 Å². The lowest BCUT2D eigenvalue weighted by Gasteiger charge is -2.15. The lowest BCUT2D eigenvalue weighted by atomic mass is 9.93. The third kappa shape index (κ3) is 4.96. The fraction of sp³-hybridized carbons (Fsp3) is 0. The van der Waals surface area contributed by atoms with Gasteiger partial charge in [-0.3, -0.25) is 4.40 Å². The van der Waals surface area contributed by atoms with Crippen LogP contribution in [0.1, 0.15) is 0 Å². The molecule has 0 saturated carbocycles. The van der Waals surface area contributed by atoms with E-state index in [2.05, 4.69) is 168 Å². The Hall–Kier alpha value is -7.76. The minimum absolute atomic E-state index is 0.652. The Labute approximate surface area is 327 Å². The van der Waals surface area contributed by atoms with E-state index >= 15 is 0 Å². The fourth-order valence-electron chi connectivity index (χ4n) is 8.74. The Morgan fingerprint density at radius 2 is 0.877 bits per heavy atom. The normalized spacial score (nSPS) is 11.9. The van der Waals surface area contributed by atoms with Gasteiger partial charge in [-0.05, 0) is 79.5 Å². The first-order valence-corrected chi connectivity index (χ1v) is 19.2. The van der Waals surface area contributed by atoms with Crippen molar-refractivity contribution < 1.29 is 0 Å². The van der Waals surface area contributed by atoms with Crippen LogP contribution < -0.4 is 0 Å². The maximum atomic E-state index is 5.43. The Bertz CT molecular complexity index is 3460. The Kier molecular flexibility index (Phi) is 6.86. The van der Waals surface area contributed by atoms with Crippen molar-refractivity contribution in [1.29, 1.82) is 0 Å². The highest BCUT2D eigenvalue weighted by Crippen LogP contribution is 2.40. The summed E-state index contributed by atoms with van der Waals surface area (Å²) < 4.78 is 2.07. The third-order valence-corrected chi connectivity index (χ3v) is 11.4. The van der Waals surface area contributed by atoms with E-state index in [-0.39, 0.29) is 0 Å². The van der Waals surface area contributed by atoms with Gasteiger partial charge in [-0.25, -0.2) is 19.9 Å². The molecule has 0 unspecified atom stereocenters. The predicted molar refractivity (Wildman–Crippen MR) is 235 cm³/mol. The largest absolute Gasteiger partial charge is 0.284 e. The number of hydrogen-bond donors (Lipinski definition) is 0. The van der Waals surface area contributed by atoms with E-state index in [1.807, 2.05) is 24.4 Å². The van der Waals surface area contributed by atoms with Crippen molar-refractivity contribution in [3.8, 4) is 45.2 Å². The molecule has 0 radical (unpaired) electrons. The number of pyridine rings is 2. The molecule has 4 aromatic heterocycles. The third-order valence-electron chi connectivity index (χ3n) is 11.4. The van der Waals surface area contributed by atoms with Gasteiger partial charge in [0.05, 0.1) is 17.1 Å². The molecule has 0 fully saturated rings. The van der Waals surface area contributed by atoms with Crippen LogP contribution in [0.3, 0.4) is 0 Å². The Morgan fingerprint density at radius 3 is 1.53 bits per heavy atom. The second-order valence-electron chi connectivity index (χ2n) is 14.6. The molecule has 0 amide bonds. The Balaban J connectivity index is 1.13. The molecule has 0 atom stereocenters. The number of benzene rings is 8. The quantitative estimate of drug-likeness (QED) is 0.170. The van der Waals surface area contributed by atoms with Gasteiger partial charge in [-0.2, -0.15) is 0 Å². The van der Waals surface area contributed by atoms with Crippen molar-refractivity contribution in [1.82, 2.24) is 24.3 Å². The van der Waals surface area contributed by atoms with Crippen molar-refractivity contribution in [3.05, 3.63) is 188 Å². The predicted octanol–water partition coefficient (Wildman–Crippen LogP) is 13.1. The van der Waals surface area contributed by atoms with E-state index in [4.69, 9.17) is 19.9 Å². The number of nitrogens with zero attached hydrogens (tertiary/aromatic N) is 5. The van der Waals surface area contributed by atoms with Gasteiger partial charge < -0.3 is 0 Å². The monoisotopic (exact) mass is 725 g/mol. The summed E-state index contributed by atoms with van der Waals surface area (Å²) in [6.07, 6.45) is 2.03. The number of aromatic nitrogens is 5. The van der Waals surface area contributed by atoms with Gasteiger partial charge in [-0.15, -0.1) is 0 Å². The molecule has 0 aliphatic heterocycles. The molecule has 0 aliphatic carbocycles. The molecule has 12 aromatic rings. The van der Waals surface area contributed by atoms with Gasteiger partial charge >= 0.3 is 0 Å². The number of fused-ring (bicyclic) bond motifs is 11. The lowest BCUT2D eigenvalue weighted by Crippen LogP contribution is -1.98. The summed E-state index contributed by atoms with van der Waals surface area (Å²) in [6, 6.07) is 64.2. The molecule has 0 aliphatic rings. The zero-order valence-electron chi connectivity index (χ0n) is 30.6. The van der Waals surface area contributed by atoms with E-state index in [0.717, 1.165) is 77.7 Å². The highest BCUT2D eigenvalue weighted by atomic mass is 15.1. The van der Waals surface area contributed by atoms with Crippen molar-refractivity contribution >= 4 is 70.7 Å². The number of hydrogen-bond acceptors (Lipinski definition) is 4. The summed E-state index contributed by atoms with van der Waals surface area (Å²) in [6.45, 7) is 0. The van der Waals surface area contributed by atoms with Crippen LogP contribution in [0.5, 0.6) is 0 Å². The molecule has 264 valence electrons. The molecule has 57 heavy (non-hydrogen) atoms. The van der Waals surface area contributed by atoms with Gasteiger partial charge in [0.2, 0.25) is 0 Å². The zero-order valence-corrected chi connectivity index (χ0v) is 30.6. The molecule has 8 aromatic carbocycles. The molecule has 5 heteroatoms. The smallest absolute Gasteiger partial charge is 0.165 e. The first-order chi connectivity index (χ1) is 28.2. The molecule has 0 N–H and O–H groups in total. The van der Waals surface area contributed by atoms with Crippen LogP contribution in [-0.2, 0) is 0 Å². The van der Waals surface area contributed by atoms with E-state index in [0.29, 0.717) is 5.82 Å². The standard InChI is InChI=1S/C52H31N5/c1-3-18-36-32(14-1)29-44(40-22-7-5-20-38(36)40)46-31-47(45-30-33-15-2-4-19-37(33)39-21-6-8-23-41(39)45)54-51(53-46)35-17-13-16-34(28-35)49-42-24-9-10-25-43(42)50-52(56-49)57-27-12-11-26-48(57)55-50/h1-31H. The zero-order chi connectivity index (χ0) is 37.5. The summed E-state index contributed by atoms with van der Waals surface area (Å²) in [5, 5.41) is 11.6. The maximum Gasteiger partial charge on any atom is 0.165 e. The van der Waals surface area contributed by atoms with Gasteiger partial charge in [0, 0.05) is 39.2 Å². The molecule has 0 bridgehead atoms. The maximum absolute atomic E-state index is 5.43. The summed E-state index contributed by atoms with van der Waals surface area (Å²) in [4.78, 5) is 21.2. The average molecular weight is 726 g/mol. The van der Waals surface area contributed by atoms with Crippen LogP contribution in [0.25, 0.3) is 116 Å². The summed E-state index contributed by atoms with van der Waals surface area (Å²) in [7, 11) is 0. The minimum atomic E-state index is 0.652. The Morgan fingerprint density at radius 1 is 0.351 bits per heavy atom. The van der Waals surface area contributed by atoms with Crippen LogP contribution in [0.15, 0.2) is 188 Å². The van der Waals surface area contributed by atoms with Gasteiger partial charge in [0.15, 0.2) is 11.5 Å². The van der Waals surface area contributed by atoms with Crippen LogP contribution in [0.4, 0.5) is 0 Å². The summed E-state index contributed by atoms with van der Waals surface area (Å²) in [5.41, 5.74) is 9.26. The first-order valence-electron chi connectivity index (χ1n) is 19.2. The van der Waals surface area contributed by atoms with Gasteiger partial charge in [0.25, 0.3) is 0 Å². The minimum Gasteiger partial charge on any atom is -0.284 e. The molecular formula is C52H31N5. The van der Waals surface area contributed by atoms with Crippen LogP contribution in [-0.4, -0.2) is 24.3 Å². The van der Waals surface area contributed by atoms with Crippen molar-refractivity contribution in [2.24, 2.45) is 0 Å². The number of rotatable bonds is 4. The number of imidazole rings is 1. The molecule has 5 nitrogen and oxygen atoms in total. The van der Waals surface area contributed by atoms with Gasteiger partial charge in [0.1, 0.15) is 11.2 Å². The average Bonchev–Trinajstić information content (AvgIpc) is 3.67. The van der Waals surface area contributed by atoms with Crippen molar-refractivity contribution in [3.63, 3.8) is 0 Å². The lowest BCUT2D eigenvalue weighted by molar-refractivity contribution is 1.18. The summed E-state index contributed by atoms with van der Waals surface area (Å²) in [5.74, 6) is 0.652. The molecule has 12 rings (SSSR count). The van der Waals surface area contributed by atoms with E-state index in [9.17, 15) is 0 Å². The van der Waals surface area contributed by atoms with E-state index in [1.165, 1.54) is 32.3 Å². The highest BCUT2D eigenvalue weighted by Gasteiger charge is 2.19. The molecule has 0 saturated heterocycles. The fourth-order valence-corrected chi connectivity index (χ4v) is 8.74. The van der Waals surface area contributed by atoms with E-state index < -0.39 is 0 Å². The van der Waals surface area contributed by atoms with Crippen molar-refractivity contribution in [2.45, 2.75) is 0 Å². The van der Waals surface area contributed by atoms with E-state index in [1.54, 1.807) is 0 Å². The molecule has 0 spiro atoms. The summed E-state index contributed by atoms with van der Waals surface area (Å²) >= 11 is 0. The second-order valence-corrected chi connectivity index (χ2v) is 14.6. The molecule has 4 heterocycles. The van der Waals surface area contributed by atoms with Crippen LogP contribution in [0.2, 0.25) is 0 Å². The molecular weight excluding hydrogens is 695 g/mol. The van der Waals surface area contributed by atoms with Gasteiger partial charge in [-0.1, -0.05) is 146 Å².